The van der Waals surface area contributed by atoms with E-state index in [0.29, 0.717) is 0 Å². The van der Waals surface area contributed by atoms with Gasteiger partial charge in [-0.3, -0.25) is 0 Å². The van der Waals surface area contributed by atoms with E-state index in [4.69, 9.17) is 16.6 Å². The predicted octanol–water partition coefficient (Wildman–Crippen LogP) is 2.96. The minimum absolute atomic E-state index is 0.759. The Balaban J connectivity index is 2.30. The molecule has 2 heterocycles. The minimum atomic E-state index is 0.759. The van der Waals surface area contributed by atoms with E-state index in [0.717, 1.165) is 29.2 Å². The van der Waals surface area contributed by atoms with Gasteiger partial charge in [0.1, 0.15) is 5.15 Å². The summed E-state index contributed by atoms with van der Waals surface area (Å²) in [5.41, 5.74) is 4.38. The molecular weight excluding hydrogens is 222 g/mol. The normalized spacial score (nSPS) is 16.1. The molecule has 0 unspecified atom stereocenters. The van der Waals surface area contributed by atoms with E-state index < -0.39 is 0 Å². The summed E-state index contributed by atoms with van der Waals surface area (Å²) in [7, 11) is 0. The maximum absolute atomic E-state index is 6.41. The van der Waals surface area contributed by atoms with E-state index in [1.165, 1.54) is 30.5 Å². The van der Waals surface area contributed by atoms with Gasteiger partial charge in [-0.25, -0.2) is 9.50 Å². The molecule has 3 nitrogen and oxygen atoms in total. The van der Waals surface area contributed by atoms with Crippen molar-refractivity contribution >= 4 is 17.2 Å². The Morgan fingerprint density at radius 3 is 2.94 bits per heavy atom. The molecule has 0 aromatic carbocycles. The molecular formula is C12H14ClN3. The Bertz CT molecular complexity index is 545. The molecule has 2 aromatic rings. The van der Waals surface area contributed by atoms with E-state index >= 15 is 0 Å². The van der Waals surface area contributed by atoms with Gasteiger partial charge in [-0.15, -0.1) is 0 Å². The summed E-state index contributed by atoms with van der Waals surface area (Å²) in [4.78, 5) is 4.71. The lowest BCUT2D eigenvalue weighted by Crippen LogP contribution is -2.04. The highest BCUT2D eigenvalue weighted by Gasteiger charge is 2.17. The highest BCUT2D eigenvalue weighted by Crippen LogP contribution is 2.27. The smallest absolute Gasteiger partial charge is 0.159 e. The number of aromatic nitrogens is 3. The molecule has 0 atom stereocenters. The van der Waals surface area contributed by atoms with E-state index in [1.54, 1.807) is 4.52 Å². The van der Waals surface area contributed by atoms with E-state index in [1.807, 2.05) is 13.1 Å². The van der Waals surface area contributed by atoms with Gasteiger partial charge in [-0.05, 0) is 32.6 Å². The van der Waals surface area contributed by atoms with Crippen LogP contribution in [-0.4, -0.2) is 14.6 Å². The molecule has 4 heteroatoms. The lowest BCUT2D eigenvalue weighted by molar-refractivity contribution is 0.709. The Hall–Kier alpha value is -1.09. The zero-order chi connectivity index (χ0) is 11.1. The van der Waals surface area contributed by atoms with Gasteiger partial charge in [0.05, 0.1) is 6.20 Å². The minimum Gasteiger partial charge on any atom is -0.233 e. The number of hydrogen-bond donors (Lipinski definition) is 0. The third-order valence-corrected chi connectivity index (χ3v) is 3.67. The first kappa shape index (κ1) is 10.1. The van der Waals surface area contributed by atoms with Crippen molar-refractivity contribution < 1.29 is 0 Å². The maximum atomic E-state index is 6.41. The third-order valence-electron chi connectivity index (χ3n) is 3.28. The molecule has 0 N–H and O–H groups in total. The first-order valence-electron chi connectivity index (χ1n) is 5.79. The molecule has 0 amide bonds. The fourth-order valence-electron chi connectivity index (χ4n) is 2.37. The van der Waals surface area contributed by atoms with Gasteiger partial charge in [0.25, 0.3) is 0 Å². The zero-order valence-electron chi connectivity index (χ0n) is 9.33. The van der Waals surface area contributed by atoms with E-state index in [2.05, 4.69) is 5.10 Å². The van der Waals surface area contributed by atoms with Gasteiger partial charge < -0.3 is 0 Å². The van der Waals surface area contributed by atoms with Crippen molar-refractivity contribution in [3.8, 4) is 0 Å². The molecule has 0 saturated carbocycles. The van der Waals surface area contributed by atoms with Crippen molar-refractivity contribution in [3.05, 3.63) is 28.2 Å². The van der Waals surface area contributed by atoms with Gasteiger partial charge in [0, 0.05) is 16.8 Å². The number of nitrogens with zero attached hydrogens (tertiary/aromatic N) is 3. The van der Waals surface area contributed by atoms with Gasteiger partial charge >= 0.3 is 0 Å². The lowest BCUT2D eigenvalue weighted by atomic mass is 10.1. The van der Waals surface area contributed by atoms with Gasteiger partial charge in [0.15, 0.2) is 5.65 Å². The second-order valence-corrected chi connectivity index (χ2v) is 4.81. The topological polar surface area (TPSA) is 30.2 Å². The largest absolute Gasteiger partial charge is 0.233 e. The fourth-order valence-corrected chi connectivity index (χ4v) is 2.70. The molecule has 0 saturated heterocycles. The van der Waals surface area contributed by atoms with Crippen molar-refractivity contribution in [3.63, 3.8) is 0 Å². The van der Waals surface area contributed by atoms with Crippen LogP contribution in [0.1, 0.15) is 36.1 Å². The monoisotopic (exact) mass is 235 g/mol. The van der Waals surface area contributed by atoms with Crippen LogP contribution < -0.4 is 0 Å². The van der Waals surface area contributed by atoms with Crippen molar-refractivity contribution in [1.82, 2.24) is 14.6 Å². The maximum Gasteiger partial charge on any atom is 0.159 e. The summed E-state index contributed by atoms with van der Waals surface area (Å²) < 4.78 is 1.76. The highest BCUT2D eigenvalue weighted by atomic mass is 35.5. The molecule has 3 rings (SSSR count). The van der Waals surface area contributed by atoms with E-state index in [9.17, 15) is 0 Å². The zero-order valence-corrected chi connectivity index (χ0v) is 10.1. The van der Waals surface area contributed by atoms with Crippen LogP contribution in [0.15, 0.2) is 6.20 Å². The second kappa shape index (κ2) is 3.74. The average Bonchev–Trinajstić information content (AvgIpc) is 2.52. The van der Waals surface area contributed by atoms with Crippen LogP contribution in [0.2, 0.25) is 5.15 Å². The Kier molecular flexibility index (Phi) is 2.36. The number of aryl methyl sites for hydroxylation is 2. The van der Waals surface area contributed by atoms with Gasteiger partial charge in [0.2, 0.25) is 0 Å². The number of rotatable bonds is 0. The molecule has 0 fully saturated rings. The van der Waals surface area contributed by atoms with Gasteiger partial charge in [-0.1, -0.05) is 18.0 Å². The molecule has 1 aliphatic carbocycles. The van der Waals surface area contributed by atoms with Crippen molar-refractivity contribution in [1.29, 1.82) is 0 Å². The number of hydrogen-bond acceptors (Lipinski definition) is 2. The van der Waals surface area contributed by atoms with E-state index in [-0.39, 0.29) is 0 Å². The molecule has 1 aliphatic rings. The molecule has 0 aliphatic heterocycles. The van der Waals surface area contributed by atoms with Crippen LogP contribution in [0.4, 0.5) is 0 Å². The predicted molar refractivity (Wildman–Crippen MR) is 64.0 cm³/mol. The van der Waals surface area contributed by atoms with Crippen molar-refractivity contribution in [2.45, 2.75) is 39.0 Å². The summed E-state index contributed by atoms with van der Waals surface area (Å²) in [6.07, 6.45) is 7.62. The van der Waals surface area contributed by atoms with Crippen molar-refractivity contribution in [2.75, 3.05) is 0 Å². The van der Waals surface area contributed by atoms with Crippen LogP contribution >= 0.6 is 11.6 Å². The van der Waals surface area contributed by atoms with Crippen LogP contribution in [0.5, 0.6) is 0 Å². The quantitative estimate of drug-likeness (QED) is 0.519. The summed E-state index contributed by atoms with van der Waals surface area (Å²) in [6, 6.07) is 0. The molecule has 2 aromatic heterocycles. The fraction of sp³-hybridized carbons (Fsp3) is 0.500. The highest BCUT2D eigenvalue weighted by molar-refractivity contribution is 6.30. The second-order valence-electron chi connectivity index (χ2n) is 4.45. The molecule has 84 valence electrons. The number of fused-ring (bicyclic) bond motifs is 2. The molecule has 0 spiro atoms. The average molecular weight is 236 g/mol. The first-order valence-corrected chi connectivity index (χ1v) is 6.17. The summed E-state index contributed by atoms with van der Waals surface area (Å²) in [5.74, 6) is 0. The number of halogens is 1. The Morgan fingerprint density at radius 2 is 2.06 bits per heavy atom. The Morgan fingerprint density at radius 1 is 1.25 bits per heavy atom. The summed E-state index contributed by atoms with van der Waals surface area (Å²) in [5, 5.41) is 5.04. The summed E-state index contributed by atoms with van der Waals surface area (Å²) >= 11 is 6.41. The Labute approximate surface area is 99.4 Å². The SMILES string of the molecule is Cc1cnn2c(Cl)c3c(nc12)CCCCC3. The van der Waals surface area contributed by atoms with Crippen LogP contribution in [-0.2, 0) is 12.8 Å². The standard InChI is InChI=1S/C12H14ClN3/c1-8-7-14-16-11(13)9-5-3-2-4-6-10(9)15-12(8)16/h7H,2-6H2,1H3. The molecule has 0 bridgehead atoms. The van der Waals surface area contributed by atoms with Crippen LogP contribution in [0, 0.1) is 6.92 Å². The van der Waals surface area contributed by atoms with Crippen LogP contribution in [0.3, 0.4) is 0 Å². The molecule has 0 radical (unpaired) electrons. The van der Waals surface area contributed by atoms with Crippen molar-refractivity contribution in [2.24, 2.45) is 0 Å². The van der Waals surface area contributed by atoms with Gasteiger partial charge in [-0.2, -0.15) is 5.10 Å². The first-order chi connectivity index (χ1) is 7.77. The third kappa shape index (κ3) is 1.42. The van der Waals surface area contributed by atoms with Crippen LogP contribution in [0.25, 0.3) is 5.65 Å². The molecule has 16 heavy (non-hydrogen) atoms. The lowest BCUT2D eigenvalue weighted by Gasteiger charge is -2.08. The summed E-state index contributed by atoms with van der Waals surface area (Å²) in [6.45, 7) is 2.02.